The van der Waals surface area contributed by atoms with Crippen molar-refractivity contribution in [2.75, 3.05) is 14.1 Å². The number of nitrogens with zero attached hydrogens (tertiary/aromatic N) is 4. The van der Waals surface area contributed by atoms with Gasteiger partial charge in [0.2, 0.25) is 10.0 Å². The van der Waals surface area contributed by atoms with Crippen molar-refractivity contribution in [2.24, 2.45) is 0 Å². The zero-order chi connectivity index (χ0) is 15.7. The van der Waals surface area contributed by atoms with Crippen LogP contribution in [0.4, 0.5) is 0 Å². The number of rotatable bonds is 6. The average Bonchev–Trinajstić information content (AvgIpc) is 3.24. The quantitative estimate of drug-likeness (QED) is 0.755. The first kappa shape index (κ1) is 15.5. The molecule has 0 radical (unpaired) electrons. The summed E-state index contributed by atoms with van der Waals surface area (Å²) in [5.74, 6) is 0.669. The summed E-state index contributed by atoms with van der Waals surface area (Å²) in [6, 6.07) is 7.59. The van der Waals surface area contributed by atoms with Gasteiger partial charge in [0.05, 0.1) is 4.90 Å². The fraction of sp³-hybridized carbons (Fsp3) is 0.429. The van der Waals surface area contributed by atoms with Crippen molar-refractivity contribution in [1.82, 2.24) is 19.1 Å². The molecule has 1 fully saturated rings. The van der Waals surface area contributed by atoms with Gasteiger partial charge in [0.15, 0.2) is 5.16 Å². The first-order valence-corrected chi connectivity index (χ1v) is 9.45. The molecule has 0 amide bonds. The molecule has 0 unspecified atom stereocenters. The lowest BCUT2D eigenvalue weighted by Gasteiger charge is -2.12. The second-order valence-corrected chi connectivity index (χ2v) is 8.57. The van der Waals surface area contributed by atoms with Gasteiger partial charge in [0.1, 0.15) is 6.33 Å². The highest BCUT2D eigenvalue weighted by Crippen LogP contribution is 2.37. The van der Waals surface area contributed by atoms with E-state index in [-0.39, 0.29) is 0 Å². The largest absolute Gasteiger partial charge is 0.306 e. The van der Waals surface area contributed by atoms with Gasteiger partial charge in [-0.15, -0.1) is 10.2 Å². The second-order valence-electron chi connectivity index (χ2n) is 5.48. The van der Waals surface area contributed by atoms with E-state index in [2.05, 4.69) is 14.8 Å². The highest BCUT2D eigenvalue weighted by atomic mass is 32.2. The Hall–Kier alpha value is -1.38. The number of hydrogen-bond donors (Lipinski definition) is 0. The van der Waals surface area contributed by atoms with Crippen molar-refractivity contribution >= 4 is 21.8 Å². The van der Waals surface area contributed by atoms with Crippen molar-refractivity contribution in [2.45, 2.75) is 34.7 Å². The van der Waals surface area contributed by atoms with Crippen LogP contribution < -0.4 is 0 Å². The molecular weight excluding hydrogens is 320 g/mol. The van der Waals surface area contributed by atoms with Crippen LogP contribution in [-0.2, 0) is 15.8 Å². The number of sulfonamides is 1. The summed E-state index contributed by atoms with van der Waals surface area (Å²) in [4.78, 5) is 0.319. The van der Waals surface area contributed by atoms with Crippen LogP contribution in [0.3, 0.4) is 0 Å². The van der Waals surface area contributed by atoms with E-state index in [0.29, 0.717) is 16.7 Å². The summed E-state index contributed by atoms with van der Waals surface area (Å²) in [6.07, 6.45) is 4.14. The maximum absolute atomic E-state index is 12.2. The topological polar surface area (TPSA) is 68.1 Å². The Morgan fingerprint density at radius 3 is 2.82 bits per heavy atom. The van der Waals surface area contributed by atoms with E-state index in [0.717, 1.165) is 10.7 Å². The standard InChI is InChI=1S/C14H18N4O2S2/c1-17(2)22(19,20)13-5-3-4-11(8-13)9-21-14-16-15-10-18(14)12-6-7-12/h3-5,8,10,12H,6-7,9H2,1-2H3. The molecule has 2 aromatic rings. The summed E-state index contributed by atoms with van der Waals surface area (Å²) in [5, 5.41) is 9.00. The number of thioether (sulfide) groups is 1. The van der Waals surface area contributed by atoms with E-state index >= 15 is 0 Å². The zero-order valence-electron chi connectivity index (χ0n) is 12.5. The normalized spacial score (nSPS) is 15.4. The van der Waals surface area contributed by atoms with Gasteiger partial charge >= 0.3 is 0 Å². The fourth-order valence-corrected chi connectivity index (χ4v) is 3.99. The van der Waals surface area contributed by atoms with Gasteiger partial charge in [-0.25, -0.2) is 12.7 Å². The Morgan fingerprint density at radius 1 is 1.36 bits per heavy atom. The van der Waals surface area contributed by atoms with Gasteiger partial charge in [-0.1, -0.05) is 23.9 Å². The highest BCUT2D eigenvalue weighted by molar-refractivity contribution is 7.98. The van der Waals surface area contributed by atoms with Crippen molar-refractivity contribution in [1.29, 1.82) is 0 Å². The Kier molecular flexibility index (Phi) is 4.24. The third-order valence-corrected chi connectivity index (χ3v) is 6.36. The molecule has 22 heavy (non-hydrogen) atoms. The van der Waals surface area contributed by atoms with Crippen LogP contribution in [0.5, 0.6) is 0 Å². The monoisotopic (exact) mass is 338 g/mol. The lowest BCUT2D eigenvalue weighted by molar-refractivity contribution is 0.520. The molecule has 1 aliphatic carbocycles. The Balaban J connectivity index is 1.74. The molecule has 0 aliphatic heterocycles. The van der Waals surface area contributed by atoms with E-state index in [9.17, 15) is 8.42 Å². The molecule has 0 N–H and O–H groups in total. The first-order valence-electron chi connectivity index (χ1n) is 7.02. The minimum atomic E-state index is -3.39. The highest BCUT2D eigenvalue weighted by Gasteiger charge is 2.26. The molecule has 0 bridgehead atoms. The summed E-state index contributed by atoms with van der Waals surface area (Å²) >= 11 is 1.58. The molecule has 1 aromatic carbocycles. The first-order chi connectivity index (χ1) is 10.5. The van der Waals surface area contributed by atoms with E-state index < -0.39 is 10.0 Å². The average molecular weight is 338 g/mol. The van der Waals surface area contributed by atoms with Gasteiger partial charge in [0.25, 0.3) is 0 Å². The van der Waals surface area contributed by atoms with Crippen molar-refractivity contribution < 1.29 is 8.42 Å². The van der Waals surface area contributed by atoms with Crippen molar-refractivity contribution in [3.63, 3.8) is 0 Å². The molecule has 0 atom stereocenters. The molecule has 6 nitrogen and oxygen atoms in total. The second kappa shape index (κ2) is 6.02. The van der Waals surface area contributed by atoms with Gasteiger partial charge in [-0.05, 0) is 30.5 Å². The van der Waals surface area contributed by atoms with E-state index in [1.165, 1.54) is 31.2 Å². The molecule has 118 valence electrons. The van der Waals surface area contributed by atoms with Crippen molar-refractivity contribution in [3.8, 4) is 0 Å². The predicted molar refractivity (Wildman–Crippen MR) is 85.2 cm³/mol. The lowest BCUT2D eigenvalue weighted by atomic mass is 10.2. The number of aromatic nitrogens is 3. The third kappa shape index (κ3) is 3.18. The van der Waals surface area contributed by atoms with E-state index in [4.69, 9.17) is 0 Å². The summed E-state index contributed by atoms with van der Waals surface area (Å²) < 4.78 is 27.7. The Labute approximate surface area is 134 Å². The molecule has 3 rings (SSSR count). The smallest absolute Gasteiger partial charge is 0.242 e. The molecule has 0 spiro atoms. The van der Waals surface area contributed by atoms with Gasteiger partial charge < -0.3 is 4.57 Å². The summed E-state index contributed by atoms with van der Waals surface area (Å²) in [5.41, 5.74) is 0.957. The molecule has 1 aliphatic rings. The lowest BCUT2D eigenvalue weighted by Crippen LogP contribution is -2.22. The predicted octanol–water partition coefficient (Wildman–Crippen LogP) is 2.16. The molecule has 0 saturated heterocycles. The molecule has 8 heteroatoms. The van der Waals surface area contributed by atoms with Crippen LogP contribution in [0.2, 0.25) is 0 Å². The fourth-order valence-electron chi connectivity index (χ4n) is 2.09. The number of hydrogen-bond acceptors (Lipinski definition) is 5. The maximum Gasteiger partial charge on any atom is 0.242 e. The maximum atomic E-state index is 12.2. The minimum Gasteiger partial charge on any atom is -0.306 e. The Morgan fingerprint density at radius 2 is 2.14 bits per heavy atom. The van der Waals surface area contributed by atoms with Crippen LogP contribution >= 0.6 is 11.8 Å². The molecular formula is C14H18N4O2S2. The van der Waals surface area contributed by atoms with Gasteiger partial charge in [0, 0.05) is 25.9 Å². The molecule has 1 saturated carbocycles. The summed E-state index contributed by atoms with van der Waals surface area (Å²) in [7, 11) is -0.319. The zero-order valence-corrected chi connectivity index (χ0v) is 14.1. The Bertz CT molecular complexity index is 767. The van der Waals surface area contributed by atoms with Crippen LogP contribution in [0, 0.1) is 0 Å². The summed E-state index contributed by atoms with van der Waals surface area (Å²) in [6.45, 7) is 0. The van der Waals surface area contributed by atoms with Crippen molar-refractivity contribution in [3.05, 3.63) is 36.2 Å². The van der Waals surface area contributed by atoms with Crippen LogP contribution in [0.1, 0.15) is 24.4 Å². The molecule has 1 aromatic heterocycles. The van der Waals surface area contributed by atoms with Crippen LogP contribution in [-0.4, -0.2) is 41.6 Å². The van der Waals surface area contributed by atoms with Gasteiger partial charge in [-0.3, -0.25) is 0 Å². The van der Waals surface area contributed by atoms with E-state index in [1.54, 1.807) is 36.3 Å². The van der Waals surface area contributed by atoms with E-state index in [1.807, 2.05) is 6.07 Å². The van der Waals surface area contributed by atoms with Gasteiger partial charge in [-0.2, -0.15) is 0 Å². The number of benzene rings is 1. The van der Waals surface area contributed by atoms with Crippen LogP contribution in [0.15, 0.2) is 40.6 Å². The van der Waals surface area contributed by atoms with Crippen LogP contribution in [0.25, 0.3) is 0 Å². The minimum absolute atomic E-state index is 0.319. The SMILES string of the molecule is CN(C)S(=O)(=O)c1cccc(CSc2nncn2C2CC2)c1. The molecule has 1 heterocycles. The third-order valence-electron chi connectivity index (χ3n) is 3.53.